The van der Waals surface area contributed by atoms with E-state index in [0.717, 1.165) is 6.42 Å². The average molecular weight is 252 g/mol. The molecule has 2 N–H and O–H groups in total. The molecule has 0 amide bonds. The maximum atomic E-state index is 10.8. The molecule has 0 radical (unpaired) electrons. The van der Waals surface area contributed by atoms with Gasteiger partial charge in [0.05, 0.1) is 6.10 Å². The van der Waals surface area contributed by atoms with E-state index in [2.05, 4.69) is 24.1 Å². The summed E-state index contributed by atoms with van der Waals surface area (Å²) >= 11 is 0. The van der Waals surface area contributed by atoms with Gasteiger partial charge in [0.2, 0.25) is 0 Å². The summed E-state index contributed by atoms with van der Waals surface area (Å²) in [4.78, 5) is 14.8. The summed E-state index contributed by atoms with van der Waals surface area (Å²) in [5.41, 5.74) is 0.0394. The lowest BCUT2D eigenvalue weighted by molar-refractivity contribution is 0.0673. The molecule has 18 heavy (non-hydrogen) atoms. The van der Waals surface area contributed by atoms with Crippen LogP contribution >= 0.6 is 0 Å². The second-order valence-corrected chi connectivity index (χ2v) is 4.25. The number of carbonyl (C=O) groups is 1. The Hall–Kier alpha value is -1.62. The van der Waals surface area contributed by atoms with Crippen LogP contribution in [0.5, 0.6) is 0 Å². The molecule has 0 aliphatic carbocycles. The van der Waals surface area contributed by atoms with E-state index in [1.54, 1.807) is 19.2 Å². The maximum Gasteiger partial charge on any atom is 0.354 e. The summed E-state index contributed by atoms with van der Waals surface area (Å²) in [5, 5.41) is 12.0. The molecule has 0 aliphatic rings. The first-order valence-corrected chi connectivity index (χ1v) is 6.05. The molecule has 1 aromatic rings. The Labute approximate surface area is 107 Å². The van der Waals surface area contributed by atoms with Gasteiger partial charge in [0, 0.05) is 13.7 Å². The SMILES string of the molecule is CCC(C)C(CNc1cccc(C(=O)O)n1)OC. The fourth-order valence-corrected chi connectivity index (χ4v) is 1.64. The van der Waals surface area contributed by atoms with Crippen LogP contribution in [-0.4, -0.2) is 35.8 Å². The molecule has 0 bridgehead atoms. The fourth-order valence-electron chi connectivity index (χ4n) is 1.64. The van der Waals surface area contributed by atoms with Gasteiger partial charge >= 0.3 is 5.97 Å². The highest BCUT2D eigenvalue weighted by Crippen LogP contribution is 2.12. The number of aromatic carboxylic acids is 1. The van der Waals surface area contributed by atoms with Gasteiger partial charge in [-0.25, -0.2) is 9.78 Å². The van der Waals surface area contributed by atoms with Crippen molar-refractivity contribution < 1.29 is 14.6 Å². The van der Waals surface area contributed by atoms with Gasteiger partial charge in [-0.3, -0.25) is 0 Å². The Bertz CT molecular complexity index is 396. The Morgan fingerprint density at radius 3 is 2.83 bits per heavy atom. The average Bonchev–Trinajstić information content (AvgIpc) is 2.39. The minimum Gasteiger partial charge on any atom is -0.477 e. The highest BCUT2D eigenvalue weighted by molar-refractivity contribution is 5.85. The molecule has 0 saturated heterocycles. The second kappa shape index (κ2) is 6.96. The quantitative estimate of drug-likeness (QED) is 0.778. The molecule has 2 atom stereocenters. The molecule has 0 saturated carbocycles. The van der Waals surface area contributed by atoms with Crippen LogP contribution in [0.4, 0.5) is 5.82 Å². The van der Waals surface area contributed by atoms with Gasteiger partial charge in [-0.15, -0.1) is 0 Å². The molecule has 2 unspecified atom stereocenters. The van der Waals surface area contributed by atoms with Gasteiger partial charge in [0.1, 0.15) is 5.82 Å². The first-order valence-electron chi connectivity index (χ1n) is 6.05. The molecular weight excluding hydrogens is 232 g/mol. The van der Waals surface area contributed by atoms with Gasteiger partial charge in [-0.1, -0.05) is 26.3 Å². The zero-order valence-electron chi connectivity index (χ0n) is 11.0. The van der Waals surface area contributed by atoms with Crippen LogP contribution in [0.2, 0.25) is 0 Å². The molecule has 1 heterocycles. The molecule has 0 spiro atoms. The standard InChI is InChI=1S/C13H20N2O3/c1-4-9(2)11(18-3)8-14-12-7-5-6-10(15-12)13(16)17/h5-7,9,11H,4,8H2,1-3H3,(H,14,15)(H,16,17). The van der Waals surface area contributed by atoms with E-state index < -0.39 is 5.97 Å². The molecule has 5 heteroatoms. The Morgan fingerprint density at radius 2 is 2.28 bits per heavy atom. The van der Waals surface area contributed by atoms with Gasteiger partial charge < -0.3 is 15.2 Å². The zero-order chi connectivity index (χ0) is 13.5. The minimum absolute atomic E-state index is 0.0394. The number of methoxy groups -OCH3 is 1. The van der Waals surface area contributed by atoms with E-state index in [1.165, 1.54) is 6.07 Å². The van der Waals surface area contributed by atoms with E-state index >= 15 is 0 Å². The number of pyridine rings is 1. The van der Waals surface area contributed by atoms with E-state index in [0.29, 0.717) is 18.3 Å². The van der Waals surface area contributed by atoms with Gasteiger partial charge in [0.15, 0.2) is 5.69 Å². The molecule has 0 fully saturated rings. The lowest BCUT2D eigenvalue weighted by Gasteiger charge is -2.22. The number of carboxylic acid groups (broad SMARTS) is 1. The van der Waals surface area contributed by atoms with Gasteiger partial charge in [-0.05, 0) is 18.1 Å². The summed E-state index contributed by atoms with van der Waals surface area (Å²) in [6.45, 7) is 4.85. The first kappa shape index (κ1) is 14.4. The number of rotatable bonds is 7. The smallest absolute Gasteiger partial charge is 0.354 e. The number of anilines is 1. The summed E-state index contributed by atoms with van der Waals surface area (Å²) in [6, 6.07) is 4.88. The maximum absolute atomic E-state index is 10.8. The van der Waals surface area contributed by atoms with E-state index in [-0.39, 0.29) is 11.8 Å². The van der Waals surface area contributed by atoms with Crippen molar-refractivity contribution in [3.8, 4) is 0 Å². The lowest BCUT2D eigenvalue weighted by Crippen LogP contribution is -2.28. The number of ether oxygens (including phenoxy) is 1. The lowest BCUT2D eigenvalue weighted by atomic mass is 10.0. The van der Waals surface area contributed by atoms with Crippen LogP contribution in [0, 0.1) is 5.92 Å². The third-order valence-electron chi connectivity index (χ3n) is 3.03. The van der Waals surface area contributed by atoms with Crippen LogP contribution in [0.3, 0.4) is 0 Å². The van der Waals surface area contributed by atoms with Crippen molar-refractivity contribution in [1.82, 2.24) is 4.98 Å². The van der Waals surface area contributed by atoms with Crippen molar-refractivity contribution in [2.24, 2.45) is 5.92 Å². The predicted octanol–water partition coefficient (Wildman–Crippen LogP) is 2.25. The van der Waals surface area contributed by atoms with Crippen LogP contribution in [0.15, 0.2) is 18.2 Å². The molecule has 0 aromatic carbocycles. The van der Waals surface area contributed by atoms with Crippen molar-refractivity contribution in [3.05, 3.63) is 23.9 Å². The Balaban J connectivity index is 2.62. The van der Waals surface area contributed by atoms with E-state index in [9.17, 15) is 4.79 Å². The summed E-state index contributed by atoms with van der Waals surface area (Å²) < 4.78 is 5.40. The highest BCUT2D eigenvalue weighted by atomic mass is 16.5. The number of nitrogens with one attached hydrogen (secondary N) is 1. The van der Waals surface area contributed by atoms with E-state index in [1.807, 2.05) is 0 Å². The molecule has 100 valence electrons. The predicted molar refractivity (Wildman–Crippen MR) is 69.9 cm³/mol. The van der Waals surface area contributed by atoms with Crippen LogP contribution in [0.25, 0.3) is 0 Å². The molecule has 1 aromatic heterocycles. The number of aromatic nitrogens is 1. The topological polar surface area (TPSA) is 71.5 Å². The Kier molecular flexibility index (Phi) is 5.58. The normalized spacial score (nSPS) is 13.9. The van der Waals surface area contributed by atoms with Crippen LogP contribution in [-0.2, 0) is 4.74 Å². The molecular formula is C13H20N2O3. The second-order valence-electron chi connectivity index (χ2n) is 4.25. The Morgan fingerprint density at radius 1 is 1.56 bits per heavy atom. The van der Waals surface area contributed by atoms with Crippen molar-refractivity contribution in [2.45, 2.75) is 26.4 Å². The summed E-state index contributed by atoms with van der Waals surface area (Å²) in [5.74, 6) is -0.0331. The minimum atomic E-state index is -1.02. The first-order chi connectivity index (χ1) is 8.58. The molecule has 0 aliphatic heterocycles. The molecule has 5 nitrogen and oxygen atoms in total. The molecule has 1 rings (SSSR count). The third kappa shape index (κ3) is 4.00. The number of carboxylic acids is 1. The van der Waals surface area contributed by atoms with Crippen molar-refractivity contribution >= 4 is 11.8 Å². The largest absolute Gasteiger partial charge is 0.477 e. The van der Waals surface area contributed by atoms with Crippen molar-refractivity contribution in [1.29, 1.82) is 0 Å². The monoisotopic (exact) mass is 252 g/mol. The van der Waals surface area contributed by atoms with Gasteiger partial charge in [-0.2, -0.15) is 0 Å². The number of hydrogen-bond acceptors (Lipinski definition) is 4. The van der Waals surface area contributed by atoms with Crippen LogP contribution in [0.1, 0.15) is 30.8 Å². The zero-order valence-corrected chi connectivity index (χ0v) is 11.0. The number of nitrogens with zero attached hydrogens (tertiary/aromatic N) is 1. The van der Waals surface area contributed by atoms with Crippen molar-refractivity contribution in [3.63, 3.8) is 0 Å². The van der Waals surface area contributed by atoms with E-state index in [4.69, 9.17) is 9.84 Å². The summed E-state index contributed by atoms with van der Waals surface area (Å²) in [7, 11) is 1.68. The van der Waals surface area contributed by atoms with Gasteiger partial charge in [0.25, 0.3) is 0 Å². The van der Waals surface area contributed by atoms with Crippen molar-refractivity contribution in [2.75, 3.05) is 19.0 Å². The number of hydrogen-bond donors (Lipinski definition) is 2. The third-order valence-corrected chi connectivity index (χ3v) is 3.03. The fraction of sp³-hybridized carbons (Fsp3) is 0.538. The summed E-state index contributed by atoms with van der Waals surface area (Å²) in [6.07, 6.45) is 1.12. The van der Waals surface area contributed by atoms with Crippen LogP contribution < -0.4 is 5.32 Å². The highest BCUT2D eigenvalue weighted by Gasteiger charge is 2.15.